The molecule has 1 rings (SSSR count). The second-order valence-corrected chi connectivity index (χ2v) is 7.54. The van der Waals surface area contributed by atoms with Crippen LogP contribution in [0.3, 0.4) is 0 Å². The topological polar surface area (TPSA) is 72.2 Å². The first-order chi connectivity index (χ1) is 9.40. The summed E-state index contributed by atoms with van der Waals surface area (Å²) in [5.41, 5.74) is 5.92. The zero-order valence-corrected chi connectivity index (χ0v) is 13.4. The summed E-state index contributed by atoms with van der Waals surface area (Å²) in [6, 6.07) is 3.43. The third-order valence-electron chi connectivity index (χ3n) is 2.79. The van der Waals surface area contributed by atoms with Gasteiger partial charge in [-0.15, -0.1) is 0 Å². The van der Waals surface area contributed by atoms with E-state index in [1.54, 1.807) is 18.7 Å². The molecule has 1 atom stereocenters. The van der Waals surface area contributed by atoms with Gasteiger partial charge in [-0.1, -0.05) is 13.0 Å². The lowest BCUT2D eigenvalue weighted by Crippen LogP contribution is -2.33. The maximum atomic E-state index is 13.3. The van der Waals surface area contributed by atoms with Crippen molar-refractivity contribution < 1.29 is 12.8 Å². The van der Waals surface area contributed by atoms with Crippen LogP contribution in [0.5, 0.6) is 0 Å². The summed E-state index contributed by atoms with van der Waals surface area (Å²) in [5.74, 6) is 1.30. The molecule has 7 heteroatoms. The Labute approximate surface area is 124 Å². The molecule has 0 saturated carbocycles. The minimum Gasteiger partial charge on any atom is -0.326 e. The Kier molecular flexibility index (Phi) is 6.94. The quantitative estimate of drug-likeness (QED) is 0.720. The highest BCUT2D eigenvalue weighted by Crippen LogP contribution is 2.18. The van der Waals surface area contributed by atoms with E-state index in [-0.39, 0.29) is 17.5 Å². The molecule has 1 aromatic rings. The molecule has 4 nitrogen and oxygen atoms in total. The normalized spacial score (nSPS) is 13.4. The number of hydrogen-bond acceptors (Lipinski definition) is 4. The summed E-state index contributed by atoms with van der Waals surface area (Å²) in [7, 11) is -3.74. The van der Waals surface area contributed by atoms with E-state index in [9.17, 15) is 12.8 Å². The summed E-state index contributed by atoms with van der Waals surface area (Å²) in [6.07, 6.45) is 0.727. The van der Waals surface area contributed by atoms with Gasteiger partial charge in [0.15, 0.2) is 0 Å². The SMILES string of the molecule is CCSCCC(C)NS(=O)(=O)c1cc(F)ccc1CN. The van der Waals surface area contributed by atoms with Crippen LogP contribution < -0.4 is 10.5 Å². The summed E-state index contributed by atoms with van der Waals surface area (Å²) in [5, 5.41) is 0. The van der Waals surface area contributed by atoms with Crippen molar-refractivity contribution in [3.63, 3.8) is 0 Å². The van der Waals surface area contributed by atoms with Crippen molar-refractivity contribution in [1.29, 1.82) is 0 Å². The van der Waals surface area contributed by atoms with E-state index in [0.717, 1.165) is 24.0 Å². The van der Waals surface area contributed by atoms with Crippen LogP contribution in [0.4, 0.5) is 4.39 Å². The highest BCUT2D eigenvalue weighted by atomic mass is 32.2. The average Bonchev–Trinajstić information content (AvgIpc) is 2.38. The van der Waals surface area contributed by atoms with Crippen molar-refractivity contribution >= 4 is 21.8 Å². The van der Waals surface area contributed by atoms with Gasteiger partial charge in [-0.25, -0.2) is 17.5 Å². The fraction of sp³-hybridized carbons (Fsp3) is 0.538. The lowest BCUT2D eigenvalue weighted by Gasteiger charge is -2.15. The number of nitrogens with one attached hydrogen (secondary N) is 1. The molecule has 0 saturated heterocycles. The molecule has 1 aromatic carbocycles. The van der Waals surface area contributed by atoms with Crippen LogP contribution in [0.1, 0.15) is 25.8 Å². The number of thioether (sulfide) groups is 1. The second kappa shape index (κ2) is 7.97. The van der Waals surface area contributed by atoms with Gasteiger partial charge in [0.1, 0.15) is 5.82 Å². The van der Waals surface area contributed by atoms with E-state index in [0.29, 0.717) is 5.56 Å². The predicted molar refractivity (Wildman–Crippen MR) is 81.7 cm³/mol. The molecule has 20 heavy (non-hydrogen) atoms. The smallest absolute Gasteiger partial charge is 0.241 e. The van der Waals surface area contributed by atoms with Crippen molar-refractivity contribution in [1.82, 2.24) is 4.72 Å². The Morgan fingerprint density at radius 1 is 1.45 bits per heavy atom. The van der Waals surface area contributed by atoms with Gasteiger partial charge in [-0.3, -0.25) is 0 Å². The van der Waals surface area contributed by atoms with Gasteiger partial charge >= 0.3 is 0 Å². The molecular weight excluding hydrogens is 299 g/mol. The first-order valence-corrected chi connectivity index (χ1v) is 9.13. The number of rotatable bonds is 8. The van der Waals surface area contributed by atoms with Gasteiger partial charge in [0.05, 0.1) is 4.90 Å². The minimum atomic E-state index is -3.74. The first kappa shape index (κ1) is 17.4. The van der Waals surface area contributed by atoms with Gasteiger partial charge in [-0.05, 0) is 42.5 Å². The number of hydrogen-bond donors (Lipinski definition) is 2. The van der Waals surface area contributed by atoms with E-state index >= 15 is 0 Å². The standard InChI is InChI=1S/C13H21FN2O2S2/c1-3-19-7-6-10(2)16-20(17,18)13-8-12(14)5-4-11(13)9-15/h4-5,8,10,16H,3,6-7,9,15H2,1-2H3. The van der Waals surface area contributed by atoms with E-state index in [4.69, 9.17) is 5.73 Å². The third kappa shape index (κ3) is 5.05. The molecule has 0 aliphatic carbocycles. The first-order valence-electron chi connectivity index (χ1n) is 6.49. The summed E-state index contributed by atoms with van der Waals surface area (Å²) in [4.78, 5) is -0.0741. The molecule has 1 unspecified atom stereocenters. The molecule has 0 aromatic heterocycles. The van der Waals surface area contributed by atoms with Crippen molar-refractivity contribution in [3.8, 4) is 0 Å². The number of halogens is 1. The van der Waals surface area contributed by atoms with Gasteiger partial charge in [0.2, 0.25) is 10.0 Å². The molecular formula is C13H21FN2O2S2. The average molecular weight is 320 g/mol. The van der Waals surface area contributed by atoms with Crippen LogP contribution in [-0.4, -0.2) is 26.0 Å². The van der Waals surface area contributed by atoms with Crippen molar-refractivity contribution in [2.24, 2.45) is 5.73 Å². The lowest BCUT2D eigenvalue weighted by atomic mass is 10.2. The lowest BCUT2D eigenvalue weighted by molar-refractivity contribution is 0.553. The largest absolute Gasteiger partial charge is 0.326 e. The number of benzene rings is 1. The molecule has 0 spiro atoms. The Bertz CT molecular complexity index is 535. The van der Waals surface area contributed by atoms with Gasteiger partial charge in [-0.2, -0.15) is 11.8 Å². The highest BCUT2D eigenvalue weighted by molar-refractivity contribution is 7.99. The molecule has 0 amide bonds. The molecule has 0 radical (unpaired) electrons. The molecule has 0 aliphatic heterocycles. The van der Waals surface area contributed by atoms with Crippen LogP contribution in [0.2, 0.25) is 0 Å². The van der Waals surface area contributed by atoms with Gasteiger partial charge in [0.25, 0.3) is 0 Å². The number of nitrogens with two attached hydrogens (primary N) is 1. The van der Waals surface area contributed by atoms with Crippen LogP contribution in [0, 0.1) is 5.82 Å². The molecule has 0 fully saturated rings. The van der Waals surface area contributed by atoms with Crippen LogP contribution in [0.15, 0.2) is 23.1 Å². The Morgan fingerprint density at radius 2 is 2.15 bits per heavy atom. The van der Waals surface area contributed by atoms with Gasteiger partial charge in [0, 0.05) is 12.6 Å². The van der Waals surface area contributed by atoms with E-state index in [1.165, 1.54) is 12.1 Å². The highest BCUT2D eigenvalue weighted by Gasteiger charge is 2.21. The second-order valence-electron chi connectivity index (χ2n) is 4.46. The monoisotopic (exact) mass is 320 g/mol. The van der Waals surface area contributed by atoms with Gasteiger partial charge < -0.3 is 5.73 Å². The Hall–Kier alpha value is -0.630. The van der Waals surface area contributed by atoms with Crippen molar-refractivity contribution in [2.45, 2.75) is 37.8 Å². The Morgan fingerprint density at radius 3 is 2.75 bits per heavy atom. The summed E-state index contributed by atoms with van der Waals surface area (Å²) >= 11 is 1.75. The third-order valence-corrected chi connectivity index (χ3v) is 5.40. The van der Waals surface area contributed by atoms with Crippen LogP contribution in [-0.2, 0) is 16.6 Å². The fourth-order valence-electron chi connectivity index (χ4n) is 1.74. The van der Waals surface area contributed by atoms with Crippen LogP contribution in [0.25, 0.3) is 0 Å². The van der Waals surface area contributed by atoms with Crippen LogP contribution >= 0.6 is 11.8 Å². The molecule has 0 aliphatic rings. The van der Waals surface area contributed by atoms with Crippen molar-refractivity contribution in [2.75, 3.05) is 11.5 Å². The van der Waals surface area contributed by atoms with E-state index < -0.39 is 15.8 Å². The summed E-state index contributed by atoms with van der Waals surface area (Å²) in [6.45, 7) is 3.91. The fourth-order valence-corrected chi connectivity index (χ4v) is 4.09. The number of sulfonamides is 1. The zero-order chi connectivity index (χ0) is 15.2. The zero-order valence-electron chi connectivity index (χ0n) is 11.7. The molecule has 114 valence electrons. The maximum Gasteiger partial charge on any atom is 0.241 e. The maximum absolute atomic E-state index is 13.3. The summed E-state index contributed by atoms with van der Waals surface area (Å²) < 4.78 is 40.4. The minimum absolute atomic E-state index is 0.0522. The molecule has 0 bridgehead atoms. The predicted octanol–water partition coefficient (Wildman–Crippen LogP) is 2.09. The van der Waals surface area contributed by atoms with E-state index in [2.05, 4.69) is 11.6 Å². The molecule has 0 heterocycles. The Balaban J connectivity index is 2.85. The molecule has 3 N–H and O–H groups in total. The van der Waals surface area contributed by atoms with Crippen molar-refractivity contribution in [3.05, 3.63) is 29.6 Å². The van der Waals surface area contributed by atoms with E-state index in [1.807, 2.05) is 0 Å².